The number of Topliss-reactive ketones (excluding diaryl/α,β-unsaturated/α-hetero) is 1. The van der Waals surface area contributed by atoms with Gasteiger partial charge in [0.15, 0.2) is 5.78 Å². The fourth-order valence-corrected chi connectivity index (χ4v) is 3.36. The van der Waals surface area contributed by atoms with Crippen molar-refractivity contribution >= 4 is 17.5 Å². The third kappa shape index (κ3) is 2.38. The number of anilines is 1. The Hall–Kier alpha value is -2.36. The minimum absolute atomic E-state index is 0.0291. The zero-order valence-corrected chi connectivity index (χ0v) is 13.8. The SMILES string of the molecule is C=Cc1c(C(C)=O)c(C)n(-c2cc(N3CCC3)ccc2F)c1C. The van der Waals surface area contributed by atoms with Crippen LogP contribution in [0.2, 0.25) is 0 Å². The van der Waals surface area contributed by atoms with Crippen molar-refractivity contribution in [2.75, 3.05) is 18.0 Å². The number of halogens is 1. The van der Waals surface area contributed by atoms with Crippen LogP contribution in [0.5, 0.6) is 0 Å². The van der Waals surface area contributed by atoms with Crippen LogP contribution in [-0.2, 0) is 0 Å². The highest BCUT2D eigenvalue weighted by atomic mass is 19.1. The Morgan fingerprint density at radius 2 is 1.96 bits per heavy atom. The monoisotopic (exact) mass is 312 g/mol. The van der Waals surface area contributed by atoms with Gasteiger partial charge in [-0.2, -0.15) is 0 Å². The molecule has 0 spiro atoms. The first-order chi connectivity index (χ1) is 11.0. The van der Waals surface area contributed by atoms with E-state index in [1.54, 1.807) is 6.08 Å². The average molecular weight is 312 g/mol. The predicted octanol–water partition coefficient (Wildman–Crippen LogP) is 4.29. The number of rotatable bonds is 4. The Morgan fingerprint density at radius 3 is 2.43 bits per heavy atom. The number of nitrogens with zero attached hydrogens (tertiary/aromatic N) is 2. The molecule has 1 fully saturated rings. The maximum Gasteiger partial charge on any atom is 0.162 e. The molecule has 0 saturated carbocycles. The van der Waals surface area contributed by atoms with Gasteiger partial charge in [-0.3, -0.25) is 4.79 Å². The minimum atomic E-state index is -0.291. The number of benzene rings is 1. The van der Waals surface area contributed by atoms with Crippen LogP contribution in [0, 0.1) is 19.7 Å². The topological polar surface area (TPSA) is 25.2 Å². The van der Waals surface area contributed by atoms with Crippen LogP contribution in [0.15, 0.2) is 24.8 Å². The molecule has 3 rings (SSSR count). The highest BCUT2D eigenvalue weighted by Gasteiger charge is 2.22. The smallest absolute Gasteiger partial charge is 0.162 e. The second kappa shape index (κ2) is 5.69. The summed E-state index contributed by atoms with van der Waals surface area (Å²) in [5, 5.41) is 0. The molecule has 1 aliphatic rings. The molecule has 4 heteroatoms. The van der Waals surface area contributed by atoms with E-state index in [0.717, 1.165) is 35.7 Å². The predicted molar refractivity (Wildman–Crippen MR) is 92.1 cm³/mol. The highest BCUT2D eigenvalue weighted by molar-refractivity contribution is 5.99. The van der Waals surface area contributed by atoms with Gasteiger partial charge in [-0.25, -0.2) is 4.39 Å². The van der Waals surface area contributed by atoms with Crippen LogP contribution in [0.3, 0.4) is 0 Å². The van der Waals surface area contributed by atoms with E-state index >= 15 is 0 Å². The summed E-state index contributed by atoms with van der Waals surface area (Å²) < 4.78 is 16.3. The fourth-order valence-electron chi connectivity index (χ4n) is 3.36. The summed E-state index contributed by atoms with van der Waals surface area (Å²) in [5.74, 6) is -0.320. The van der Waals surface area contributed by atoms with Crippen LogP contribution < -0.4 is 4.90 Å². The normalized spacial score (nSPS) is 13.8. The molecule has 0 bridgehead atoms. The van der Waals surface area contributed by atoms with Crippen LogP contribution in [0.4, 0.5) is 10.1 Å². The molecular formula is C19H21FN2O. The summed E-state index contributed by atoms with van der Waals surface area (Å²) in [6, 6.07) is 5.18. The van der Waals surface area contributed by atoms with Crippen molar-refractivity contribution in [3.05, 3.63) is 53.1 Å². The molecule has 120 valence electrons. The first kappa shape index (κ1) is 15.5. The van der Waals surface area contributed by atoms with E-state index in [9.17, 15) is 9.18 Å². The van der Waals surface area contributed by atoms with Crippen LogP contribution in [-0.4, -0.2) is 23.4 Å². The summed E-state index contributed by atoms with van der Waals surface area (Å²) in [4.78, 5) is 14.2. The molecular weight excluding hydrogens is 291 g/mol. The zero-order chi connectivity index (χ0) is 16.7. The van der Waals surface area contributed by atoms with Gasteiger partial charge in [0, 0.05) is 41.3 Å². The lowest BCUT2D eigenvalue weighted by Gasteiger charge is -2.33. The van der Waals surface area contributed by atoms with Crippen LogP contribution in [0.1, 0.15) is 40.7 Å². The van der Waals surface area contributed by atoms with Crippen molar-refractivity contribution in [3.63, 3.8) is 0 Å². The molecule has 2 aromatic rings. The highest BCUT2D eigenvalue weighted by Crippen LogP contribution is 2.31. The lowest BCUT2D eigenvalue weighted by atomic mass is 10.1. The molecule has 3 nitrogen and oxygen atoms in total. The van der Waals surface area contributed by atoms with Crippen molar-refractivity contribution in [1.82, 2.24) is 4.57 Å². The van der Waals surface area contributed by atoms with Crippen molar-refractivity contribution in [3.8, 4) is 5.69 Å². The Balaban J connectivity index is 2.22. The molecule has 23 heavy (non-hydrogen) atoms. The van der Waals surface area contributed by atoms with E-state index in [2.05, 4.69) is 11.5 Å². The van der Waals surface area contributed by atoms with Gasteiger partial charge in [-0.15, -0.1) is 0 Å². The lowest BCUT2D eigenvalue weighted by molar-refractivity contribution is 0.101. The molecule has 0 atom stereocenters. The standard InChI is InChI=1S/C19H21FN2O/c1-5-16-12(2)22(13(3)19(16)14(4)23)18-11-15(7-8-17(18)20)21-9-6-10-21/h5,7-8,11H,1,6,9-10H2,2-4H3. The van der Waals surface area contributed by atoms with Gasteiger partial charge in [-0.05, 0) is 45.4 Å². The van der Waals surface area contributed by atoms with E-state index in [1.807, 2.05) is 30.5 Å². The van der Waals surface area contributed by atoms with Gasteiger partial charge < -0.3 is 9.47 Å². The van der Waals surface area contributed by atoms with Gasteiger partial charge in [-0.1, -0.05) is 12.7 Å². The number of hydrogen-bond donors (Lipinski definition) is 0. The summed E-state index contributed by atoms with van der Waals surface area (Å²) in [7, 11) is 0. The summed E-state index contributed by atoms with van der Waals surface area (Å²) in [6.07, 6.45) is 2.84. The molecule has 1 aromatic carbocycles. The van der Waals surface area contributed by atoms with E-state index < -0.39 is 0 Å². The number of ketones is 1. The van der Waals surface area contributed by atoms with Crippen LogP contribution in [0.25, 0.3) is 11.8 Å². The molecule has 0 N–H and O–H groups in total. The van der Waals surface area contributed by atoms with Gasteiger partial charge >= 0.3 is 0 Å². The second-order valence-corrected chi connectivity index (χ2v) is 6.03. The average Bonchev–Trinajstić information content (AvgIpc) is 2.70. The molecule has 1 aliphatic heterocycles. The number of hydrogen-bond acceptors (Lipinski definition) is 2. The minimum Gasteiger partial charge on any atom is -0.371 e. The first-order valence-corrected chi connectivity index (χ1v) is 7.85. The van der Waals surface area contributed by atoms with Crippen molar-refractivity contribution < 1.29 is 9.18 Å². The van der Waals surface area contributed by atoms with E-state index in [-0.39, 0.29) is 11.6 Å². The van der Waals surface area contributed by atoms with Gasteiger partial charge in [0.2, 0.25) is 0 Å². The van der Waals surface area contributed by atoms with E-state index in [4.69, 9.17) is 0 Å². The summed E-state index contributed by atoms with van der Waals surface area (Å²) in [6.45, 7) is 11.1. The fraction of sp³-hybridized carbons (Fsp3) is 0.316. The summed E-state index contributed by atoms with van der Waals surface area (Å²) in [5.41, 5.74) is 4.49. The molecule has 1 aromatic heterocycles. The second-order valence-electron chi connectivity index (χ2n) is 6.03. The molecule has 0 aliphatic carbocycles. The molecule has 1 saturated heterocycles. The van der Waals surface area contributed by atoms with Crippen molar-refractivity contribution in [2.24, 2.45) is 0 Å². The van der Waals surface area contributed by atoms with E-state index in [0.29, 0.717) is 11.3 Å². The van der Waals surface area contributed by atoms with Gasteiger partial charge in [0.25, 0.3) is 0 Å². The van der Waals surface area contributed by atoms with E-state index in [1.165, 1.54) is 19.4 Å². The Kier molecular flexibility index (Phi) is 3.84. The molecule has 2 heterocycles. The Morgan fingerprint density at radius 1 is 1.26 bits per heavy atom. The number of aromatic nitrogens is 1. The molecule has 0 amide bonds. The maximum atomic E-state index is 14.5. The number of carbonyl (C=O) groups is 1. The largest absolute Gasteiger partial charge is 0.371 e. The molecule has 0 radical (unpaired) electrons. The van der Waals surface area contributed by atoms with Crippen molar-refractivity contribution in [1.29, 1.82) is 0 Å². The Labute approximate surface area is 136 Å². The zero-order valence-electron chi connectivity index (χ0n) is 13.8. The van der Waals surface area contributed by atoms with Gasteiger partial charge in [0.05, 0.1) is 5.69 Å². The van der Waals surface area contributed by atoms with Crippen molar-refractivity contribution in [2.45, 2.75) is 27.2 Å². The lowest BCUT2D eigenvalue weighted by Crippen LogP contribution is -2.37. The molecule has 0 unspecified atom stereocenters. The maximum absolute atomic E-state index is 14.5. The van der Waals surface area contributed by atoms with Crippen LogP contribution >= 0.6 is 0 Å². The third-order valence-corrected chi connectivity index (χ3v) is 4.64. The Bertz CT molecular complexity index is 800. The van der Waals surface area contributed by atoms with Gasteiger partial charge in [0.1, 0.15) is 5.82 Å². The summed E-state index contributed by atoms with van der Waals surface area (Å²) >= 11 is 0. The number of carbonyl (C=O) groups excluding carboxylic acids is 1. The quantitative estimate of drug-likeness (QED) is 0.787. The third-order valence-electron chi connectivity index (χ3n) is 4.64. The first-order valence-electron chi connectivity index (χ1n) is 7.85.